The van der Waals surface area contributed by atoms with E-state index in [1.165, 1.54) is 42.6 Å². The molecule has 1 amide bonds. The molecule has 166 valence electrons. The van der Waals surface area contributed by atoms with Crippen LogP contribution in [-0.2, 0) is 6.18 Å². The first-order valence-electron chi connectivity index (χ1n) is 9.47. The molecule has 2 heterocycles. The molecule has 0 aliphatic carbocycles. The van der Waals surface area contributed by atoms with Crippen molar-refractivity contribution in [1.29, 1.82) is 0 Å². The van der Waals surface area contributed by atoms with Crippen LogP contribution < -0.4 is 5.32 Å². The lowest BCUT2D eigenvalue weighted by molar-refractivity contribution is -0.153. The average molecular weight is 453 g/mol. The van der Waals surface area contributed by atoms with E-state index in [4.69, 9.17) is 9.52 Å². The van der Waals surface area contributed by atoms with Gasteiger partial charge >= 0.3 is 12.1 Å². The minimum atomic E-state index is -4.92. The summed E-state index contributed by atoms with van der Waals surface area (Å²) in [4.78, 5) is 31.4. The van der Waals surface area contributed by atoms with Crippen molar-refractivity contribution < 1.29 is 32.3 Å². The lowest BCUT2D eigenvalue weighted by Crippen LogP contribution is -2.18. The number of pyridine rings is 1. The molecule has 0 aliphatic heterocycles. The summed E-state index contributed by atoms with van der Waals surface area (Å²) in [5.74, 6) is -3.99. The van der Waals surface area contributed by atoms with Crippen molar-refractivity contribution in [1.82, 2.24) is 9.97 Å². The van der Waals surface area contributed by atoms with E-state index in [9.17, 15) is 22.8 Å². The summed E-state index contributed by atoms with van der Waals surface area (Å²) < 4.78 is 45.2. The van der Waals surface area contributed by atoms with Gasteiger partial charge in [0, 0.05) is 11.1 Å². The van der Waals surface area contributed by atoms with Crippen LogP contribution in [0.4, 0.5) is 18.9 Å². The summed E-state index contributed by atoms with van der Waals surface area (Å²) in [5, 5.41) is 11.3. The van der Waals surface area contributed by atoms with Crippen LogP contribution in [0, 0.1) is 0 Å². The van der Waals surface area contributed by atoms with E-state index in [1.807, 2.05) is 0 Å². The smallest absolute Gasteiger partial charge is 0.452 e. The molecule has 0 bridgehead atoms. The topological polar surface area (TPSA) is 105 Å². The normalized spacial score (nSPS) is 11.2. The van der Waals surface area contributed by atoms with Gasteiger partial charge in [0.2, 0.25) is 11.7 Å². The molecule has 0 saturated carbocycles. The number of carbonyl (C=O) groups excluding carboxylic acids is 1. The minimum Gasteiger partial charge on any atom is -0.478 e. The molecule has 4 aromatic rings. The number of aromatic carboxylic acids is 1. The number of oxazole rings is 1. The fourth-order valence-electron chi connectivity index (χ4n) is 2.98. The molecular weight excluding hydrogens is 439 g/mol. The highest BCUT2D eigenvalue weighted by Crippen LogP contribution is 2.35. The second-order valence-corrected chi connectivity index (χ2v) is 6.83. The number of hydrogen-bond acceptors (Lipinski definition) is 5. The number of amides is 1. The molecule has 2 N–H and O–H groups in total. The van der Waals surface area contributed by atoms with Crippen LogP contribution in [0.25, 0.3) is 22.7 Å². The van der Waals surface area contributed by atoms with E-state index in [1.54, 1.807) is 30.3 Å². The van der Waals surface area contributed by atoms with Crippen LogP contribution in [0.1, 0.15) is 26.6 Å². The Hall–Kier alpha value is -4.47. The Balaban J connectivity index is 1.57. The minimum absolute atomic E-state index is 0.116. The average Bonchev–Trinajstić information content (AvgIpc) is 3.27. The predicted octanol–water partition coefficient (Wildman–Crippen LogP) is 5.37. The van der Waals surface area contributed by atoms with Gasteiger partial charge in [0.05, 0.1) is 23.1 Å². The van der Waals surface area contributed by atoms with Gasteiger partial charge in [-0.3, -0.25) is 9.78 Å². The van der Waals surface area contributed by atoms with Gasteiger partial charge in [-0.05, 0) is 36.4 Å². The second-order valence-electron chi connectivity index (χ2n) is 6.83. The number of anilines is 1. The Labute approximate surface area is 184 Å². The number of halogens is 3. The van der Waals surface area contributed by atoms with Gasteiger partial charge in [0.1, 0.15) is 0 Å². The molecule has 2 aromatic heterocycles. The molecule has 4 rings (SSSR count). The molecule has 0 saturated heterocycles. The van der Waals surface area contributed by atoms with Gasteiger partial charge in [0.25, 0.3) is 5.91 Å². The summed E-state index contributed by atoms with van der Waals surface area (Å²) in [7, 11) is 0. The predicted molar refractivity (Wildman–Crippen MR) is 112 cm³/mol. The number of carbonyl (C=O) groups is 2. The van der Waals surface area contributed by atoms with Crippen LogP contribution in [-0.4, -0.2) is 27.0 Å². The fraction of sp³-hybridized carbons (Fsp3) is 0.0435. The molecular formula is C23H14F3N3O4. The van der Waals surface area contributed by atoms with E-state index in [0.717, 1.165) is 0 Å². The highest BCUT2D eigenvalue weighted by Gasteiger charge is 2.42. The second kappa shape index (κ2) is 8.58. The first kappa shape index (κ1) is 21.8. The fourth-order valence-corrected chi connectivity index (χ4v) is 2.98. The van der Waals surface area contributed by atoms with E-state index in [-0.39, 0.29) is 17.1 Å². The van der Waals surface area contributed by atoms with E-state index >= 15 is 0 Å². The van der Waals surface area contributed by atoms with Crippen molar-refractivity contribution in [3.05, 3.63) is 89.9 Å². The summed E-state index contributed by atoms with van der Waals surface area (Å²) in [6.45, 7) is 0. The third-order valence-corrected chi connectivity index (χ3v) is 4.57. The Bertz CT molecular complexity index is 1300. The highest BCUT2D eigenvalue weighted by atomic mass is 19.4. The molecule has 0 radical (unpaired) electrons. The number of aromatic nitrogens is 2. The van der Waals surface area contributed by atoms with Crippen molar-refractivity contribution in [2.24, 2.45) is 0 Å². The van der Waals surface area contributed by atoms with Crippen LogP contribution in [0.2, 0.25) is 0 Å². The number of carboxylic acid groups (broad SMARTS) is 1. The van der Waals surface area contributed by atoms with Crippen molar-refractivity contribution in [2.75, 3.05) is 5.32 Å². The molecule has 0 fully saturated rings. The van der Waals surface area contributed by atoms with Crippen molar-refractivity contribution in [2.45, 2.75) is 6.18 Å². The van der Waals surface area contributed by atoms with E-state index < -0.39 is 29.5 Å². The molecule has 0 spiro atoms. The van der Waals surface area contributed by atoms with Crippen molar-refractivity contribution in [3.63, 3.8) is 0 Å². The Kier molecular flexibility index (Phi) is 5.65. The third-order valence-electron chi connectivity index (χ3n) is 4.57. The maximum absolute atomic E-state index is 13.4. The molecule has 33 heavy (non-hydrogen) atoms. The highest BCUT2D eigenvalue weighted by molar-refractivity contribution is 6.04. The van der Waals surface area contributed by atoms with Crippen molar-refractivity contribution in [3.8, 4) is 22.7 Å². The molecule has 2 aromatic carbocycles. The SMILES string of the molecule is O=C(O)c1ccc(-c2ccc(NC(=O)c3nc(-c4ccccc4)oc3C(F)(F)F)cn2)cc1. The van der Waals surface area contributed by atoms with Crippen LogP contribution in [0.5, 0.6) is 0 Å². The summed E-state index contributed by atoms with van der Waals surface area (Å²) >= 11 is 0. The number of nitrogens with zero attached hydrogens (tertiary/aromatic N) is 2. The number of nitrogens with one attached hydrogen (secondary N) is 1. The lowest BCUT2D eigenvalue weighted by Gasteiger charge is -2.07. The summed E-state index contributed by atoms with van der Waals surface area (Å²) in [6.07, 6.45) is -3.65. The monoisotopic (exact) mass is 453 g/mol. The quantitative estimate of drug-likeness (QED) is 0.421. The number of benzene rings is 2. The Morgan fingerprint density at radius 1 is 0.909 bits per heavy atom. The largest absolute Gasteiger partial charge is 0.478 e. The zero-order valence-electron chi connectivity index (χ0n) is 16.6. The maximum Gasteiger partial charge on any atom is 0.452 e. The maximum atomic E-state index is 13.4. The van der Waals surface area contributed by atoms with Gasteiger partial charge in [-0.2, -0.15) is 13.2 Å². The first-order valence-corrected chi connectivity index (χ1v) is 9.47. The molecule has 0 atom stereocenters. The Morgan fingerprint density at radius 2 is 1.61 bits per heavy atom. The summed E-state index contributed by atoms with van der Waals surface area (Å²) in [5.41, 5.74) is 0.764. The van der Waals surface area contributed by atoms with Gasteiger partial charge in [0.15, 0.2) is 5.69 Å². The van der Waals surface area contributed by atoms with Gasteiger partial charge < -0.3 is 14.8 Å². The molecule has 0 aliphatic rings. The molecule has 7 nitrogen and oxygen atoms in total. The van der Waals surface area contributed by atoms with Gasteiger partial charge in [-0.1, -0.05) is 30.3 Å². The molecule has 0 unspecified atom stereocenters. The number of rotatable bonds is 5. The first-order chi connectivity index (χ1) is 15.7. The van der Waals surface area contributed by atoms with E-state index in [0.29, 0.717) is 16.8 Å². The number of carboxylic acids is 1. The van der Waals surface area contributed by atoms with Crippen LogP contribution >= 0.6 is 0 Å². The van der Waals surface area contributed by atoms with E-state index in [2.05, 4.69) is 15.3 Å². The molecule has 10 heteroatoms. The van der Waals surface area contributed by atoms with Gasteiger partial charge in [-0.25, -0.2) is 9.78 Å². The van der Waals surface area contributed by atoms with Crippen molar-refractivity contribution >= 4 is 17.6 Å². The number of alkyl halides is 3. The van der Waals surface area contributed by atoms with Crippen LogP contribution in [0.15, 0.2) is 77.3 Å². The zero-order chi connectivity index (χ0) is 23.6. The summed E-state index contributed by atoms with van der Waals surface area (Å²) in [6, 6.07) is 16.9. The number of hydrogen-bond donors (Lipinski definition) is 2. The van der Waals surface area contributed by atoms with Crippen LogP contribution in [0.3, 0.4) is 0 Å². The Morgan fingerprint density at radius 3 is 2.18 bits per heavy atom. The van der Waals surface area contributed by atoms with Gasteiger partial charge in [-0.15, -0.1) is 0 Å². The zero-order valence-corrected chi connectivity index (χ0v) is 16.6. The lowest BCUT2D eigenvalue weighted by atomic mass is 10.1. The third kappa shape index (κ3) is 4.74. The standard InChI is InChI=1S/C23H14F3N3O4/c24-23(25,26)19-18(29-21(33-19)14-4-2-1-3-5-14)20(30)28-16-10-11-17(27-12-16)13-6-8-15(9-7-13)22(31)32/h1-12H,(H,28,30)(H,31,32).